The summed E-state index contributed by atoms with van der Waals surface area (Å²) < 4.78 is 60.1. The molecule has 1 aromatic heterocycles. The van der Waals surface area contributed by atoms with Gasteiger partial charge in [-0.15, -0.1) is 0 Å². The molecule has 0 aliphatic carbocycles. The summed E-state index contributed by atoms with van der Waals surface area (Å²) in [5, 5.41) is 18.4. The van der Waals surface area contributed by atoms with Crippen LogP contribution in [0.15, 0.2) is 101 Å². The lowest BCUT2D eigenvalue weighted by Gasteiger charge is -2.12. The molecule has 14 heteroatoms. The van der Waals surface area contributed by atoms with Crippen LogP contribution in [0.2, 0.25) is 0 Å². The zero-order valence-electron chi connectivity index (χ0n) is 22.3. The van der Waals surface area contributed by atoms with Crippen molar-refractivity contribution < 1.29 is 32.0 Å². The second-order valence-corrected chi connectivity index (χ2v) is 9.19. The van der Waals surface area contributed by atoms with E-state index in [2.05, 4.69) is 15.4 Å². The van der Waals surface area contributed by atoms with Gasteiger partial charge in [-0.05, 0) is 48.5 Å². The molecule has 0 aliphatic rings. The van der Waals surface area contributed by atoms with Crippen molar-refractivity contribution in [2.24, 2.45) is 5.10 Å². The number of nitrogens with zero attached hydrogens (tertiary/aromatic N) is 4. The lowest BCUT2D eigenvalue weighted by molar-refractivity contribution is -0.385. The Morgan fingerprint density at radius 1 is 1.02 bits per heavy atom. The van der Waals surface area contributed by atoms with Crippen LogP contribution in [-0.2, 0) is 11.0 Å². The molecule has 0 unspecified atom stereocenters. The number of aromatic nitrogens is 2. The third kappa shape index (κ3) is 6.43. The molecular weight excluding hydrogens is 586 g/mol. The summed E-state index contributed by atoms with van der Waals surface area (Å²) in [6, 6.07) is 19.2. The first-order valence-corrected chi connectivity index (χ1v) is 12.7. The summed E-state index contributed by atoms with van der Waals surface area (Å²) in [6.07, 6.45) is -3.64. The number of fused-ring (bicyclic) bond motifs is 1. The second kappa shape index (κ2) is 12.1. The van der Waals surface area contributed by atoms with Gasteiger partial charge in [0.25, 0.3) is 11.5 Å². The van der Waals surface area contributed by atoms with Crippen LogP contribution < -0.4 is 15.6 Å². The van der Waals surface area contributed by atoms with Gasteiger partial charge < -0.3 is 10.1 Å². The molecule has 5 rings (SSSR count). The van der Waals surface area contributed by atoms with Gasteiger partial charge in [-0.1, -0.05) is 36.4 Å². The molecule has 0 aliphatic heterocycles. The Hall–Kier alpha value is -5.92. The Bertz CT molecular complexity index is 1990. The lowest BCUT2D eigenvalue weighted by atomic mass is 10.1. The number of ether oxygens (including phenoxy) is 1. The van der Waals surface area contributed by atoms with Crippen LogP contribution in [0.25, 0.3) is 22.3 Å². The average molecular weight is 606 g/mol. The predicted octanol–water partition coefficient (Wildman–Crippen LogP) is 6.03. The average Bonchev–Trinajstić information content (AvgIpc) is 2.99. The molecule has 1 heterocycles. The van der Waals surface area contributed by atoms with E-state index in [9.17, 15) is 37.3 Å². The number of alkyl halides is 3. The van der Waals surface area contributed by atoms with E-state index in [1.807, 2.05) is 0 Å². The molecule has 0 saturated heterocycles. The van der Waals surface area contributed by atoms with Crippen molar-refractivity contribution in [3.63, 3.8) is 0 Å². The monoisotopic (exact) mass is 605 g/mol. The van der Waals surface area contributed by atoms with Crippen molar-refractivity contribution >= 4 is 34.4 Å². The summed E-state index contributed by atoms with van der Waals surface area (Å²) in [5.41, 5.74) is -1.99. The third-order valence-electron chi connectivity index (χ3n) is 6.19. The minimum absolute atomic E-state index is 0.0344. The summed E-state index contributed by atoms with van der Waals surface area (Å²) in [4.78, 5) is 41.3. The fourth-order valence-electron chi connectivity index (χ4n) is 4.22. The highest BCUT2D eigenvalue weighted by atomic mass is 19.4. The topological polar surface area (TPSA) is 129 Å². The Kier molecular flexibility index (Phi) is 8.15. The second-order valence-electron chi connectivity index (χ2n) is 9.19. The van der Waals surface area contributed by atoms with Crippen LogP contribution in [0.5, 0.6) is 5.75 Å². The quantitative estimate of drug-likeness (QED) is 0.0996. The van der Waals surface area contributed by atoms with Gasteiger partial charge in [-0.3, -0.25) is 19.7 Å². The van der Waals surface area contributed by atoms with Crippen molar-refractivity contribution in [2.75, 3.05) is 11.9 Å². The molecular formula is C30H19F4N5O5. The Morgan fingerprint density at radius 2 is 1.77 bits per heavy atom. The first-order chi connectivity index (χ1) is 21.0. The van der Waals surface area contributed by atoms with Gasteiger partial charge in [0.2, 0.25) is 5.75 Å². The van der Waals surface area contributed by atoms with Gasteiger partial charge in [0.1, 0.15) is 5.82 Å². The number of nitrogens with one attached hydrogen (secondary N) is 1. The highest BCUT2D eigenvalue weighted by Crippen LogP contribution is 2.33. The van der Waals surface area contributed by atoms with E-state index in [1.54, 1.807) is 12.1 Å². The smallest absolute Gasteiger partial charge is 0.416 e. The number of hydrogen-bond acceptors (Lipinski definition) is 7. The first-order valence-electron chi connectivity index (χ1n) is 12.7. The maximum atomic E-state index is 13.5. The molecule has 0 spiro atoms. The normalized spacial score (nSPS) is 11.5. The predicted molar refractivity (Wildman–Crippen MR) is 153 cm³/mol. The maximum absolute atomic E-state index is 13.5. The Labute approximate surface area is 245 Å². The van der Waals surface area contributed by atoms with Crippen molar-refractivity contribution in [3.8, 4) is 17.1 Å². The van der Waals surface area contributed by atoms with Crippen LogP contribution in [0.1, 0.15) is 11.1 Å². The fraction of sp³-hybridized carbons (Fsp3) is 0.0667. The number of carbonyl (C=O) groups excluding carboxylic acids is 1. The Morgan fingerprint density at radius 3 is 2.52 bits per heavy atom. The van der Waals surface area contributed by atoms with Gasteiger partial charge in [0, 0.05) is 22.9 Å². The number of benzene rings is 4. The van der Waals surface area contributed by atoms with E-state index in [-0.39, 0.29) is 39.3 Å². The van der Waals surface area contributed by atoms with E-state index in [0.717, 1.165) is 41.2 Å². The largest absolute Gasteiger partial charge is 0.476 e. The summed E-state index contributed by atoms with van der Waals surface area (Å²) >= 11 is 0. The maximum Gasteiger partial charge on any atom is 0.416 e. The SMILES string of the molecule is O=C(COc1c(C=Nn2c(-c3cccc(C(F)(F)F)c3)nc3ccccc3c2=O)cccc1[N+](=O)[O-])Nc1cccc(F)c1. The van der Waals surface area contributed by atoms with E-state index in [1.165, 1.54) is 48.5 Å². The number of para-hydroxylation sites is 2. The number of amides is 1. The number of nitro benzene ring substituents is 1. The van der Waals surface area contributed by atoms with Crippen molar-refractivity contribution in [2.45, 2.75) is 6.18 Å². The molecule has 0 saturated carbocycles. The molecule has 10 nitrogen and oxygen atoms in total. The number of halogens is 4. The van der Waals surface area contributed by atoms with E-state index < -0.39 is 46.2 Å². The third-order valence-corrected chi connectivity index (χ3v) is 6.19. The van der Waals surface area contributed by atoms with E-state index in [0.29, 0.717) is 0 Å². The standard InChI is InChI=1S/C30H19F4N5O5/c31-21-9-5-10-22(15-21)36-26(40)17-44-27-19(7-4-13-25(27)39(42)43)16-35-38-28(18-6-3-8-20(14-18)30(32,33)34)37-24-12-2-1-11-23(24)29(38)41/h1-16H,17H2,(H,36,40). The lowest BCUT2D eigenvalue weighted by Crippen LogP contribution is -2.21. The number of hydrogen-bond donors (Lipinski definition) is 1. The number of rotatable bonds is 8. The number of anilines is 1. The van der Waals surface area contributed by atoms with Gasteiger partial charge in [-0.25, -0.2) is 9.37 Å². The van der Waals surface area contributed by atoms with Crippen LogP contribution >= 0.6 is 0 Å². The van der Waals surface area contributed by atoms with Crippen LogP contribution in [0.4, 0.5) is 28.9 Å². The number of carbonyl (C=O) groups is 1. The highest BCUT2D eigenvalue weighted by molar-refractivity contribution is 5.92. The van der Waals surface area contributed by atoms with Crippen molar-refractivity contribution in [3.05, 3.63) is 128 Å². The minimum atomic E-state index is -4.67. The van der Waals surface area contributed by atoms with Crippen LogP contribution in [-0.4, -0.2) is 33.3 Å². The van der Waals surface area contributed by atoms with Crippen LogP contribution in [0.3, 0.4) is 0 Å². The van der Waals surface area contributed by atoms with Gasteiger partial charge in [0.15, 0.2) is 12.4 Å². The molecule has 0 radical (unpaired) electrons. The molecule has 4 aromatic carbocycles. The summed E-state index contributed by atoms with van der Waals surface area (Å²) in [6.45, 7) is -0.713. The van der Waals surface area contributed by atoms with Gasteiger partial charge in [0.05, 0.1) is 27.6 Å². The molecule has 1 amide bonds. The zero-order chi connectivity index (χ0) is 31.4. The van der Waals surface area contributed by atoms with E-state index >= 15 is 0 Å². The van der Waals surface area contributed by atoms with Crippen LogP contribution in [0, 0.1) is 15.9 Å². The molecule has 0 bridgehead atoms. The molecule has 222 valence electrons. The molecule has 44 heavy (non-hydrogen) atoms. The first kappa shape index (κ1) is 29.6. The molecule has 0 atom stereocenters. The Balaban J connectivity index is 1.55. The van der Waals surface area contributed by atoms with Gasteiger partial charge >= 0.3 is 11.9 Å². The van der Waals surface area contributed by atoms with E-state index in [4.69, 9.17) is 4.74 Å². The molecule has 0 fully saturated rings. The van der Waals surface area contributed by atoms with Crippen molar-refractivity contribution in [1.29, 1.82) is 0 Å². The fourth-order valence-corrected chi connectivity index (χ4v) is 4.22. The van der Waals surface area contributed by atoms with Gasteiger partial charge in [-0.2, -0.15) is 22.9 Å². The summed E-state index contributed by atoms with van der Waals surface area (Å²) in [5.74, 6) is -1.95. The van der Waals surface area contributed by atoms with Crippen molar-refractivity contribution in [1.82, 2.24) is 9.66 Å². The number of nitro groups is 1. The molecule has 1 N–H and O–H groups in total. The summed E-state index contributed by atoms with van der Waals surface area (Å²) in [7, 11) is 0. The zero-order valence-corrected chi connectivity index (χ0v) is 22.3. The minimum Gasteiger partial charge on any atom is -0.476 e. The molecule has 5 aromatic rings. The highest BCUT2D eigenvalue weighted by Gasteiger charge is 2.31.